The Morgan fingerprint density at radius 1 is 1.06 bits per heavy atom. The average Bonchev–Trinajstić information content (AvgIpc) is 2.35. The van der Waals surface area contributed by atoms with Crippen molar-refractivity contribution in [1.29, 1.82) is 0 Å². The lowest BCUT2D eigenvalue weighted by atomic mass is 9.77. The van der Waals surface area contributed by atoms with Crippen molar-refractivity contribution in [2.45, 2.75) is 38.6 Å². The highest BCUT2D eigenvalue weighted by Gasteiger charge is 2.26. The first-order valence-electron chi connectivity index (χ1n) is 6.39. The molecule has 0 saturated heterocycles. The van der Waals surface area contributed by atoms with Crippen molar-refractivity contribution < 1.29 is 13.2 Å². The van der Waals surface area contributed by atoms with Gasteiger partial charge >= 0.3 is 0 Å². The molecule has 0 heterocycles. The van der Waals surface area contributed by atoms with Gasteiger partial charge in [-0.1, -0.05) is 19.8 Å². The molecule has 1 aliphatic carbocycles. The molecule has 18 heavy (non-hydrogen) atoms. The summed E-state index contributed by atoms with van der Waals surface area (Å²) in [4.78, 5) is 0. The highest BCUT2D eigenvalue weighted by molar-refractivity contribution is 5.23. The van der Waals surface area contributed by atoms with Crippen LogP contribution >= 0.6 is 0 Å². The number of halogens is 3. The van der Waals surface area contributed by atoms with Gasteiger partial charge in [-0.05, 0) is 42.4 Å². The molecule has 1 aromatic rings. The molecule has 4 heteroatoms. The standard InChI is InChI=1S/C14H18F3N/c1-8-2-4-9(5-3-8)14(18)10-6-11(15)13(17)12(16)7-10/h6-9,14H,2-5,18H2,1H3. The minimum atomic E-state index is -1.43. The van der Waals surface area contributed by atoms with Crippen LogP contribution in [0.1, 0.15) is 44.2 Å². The second-order valence-corrected chi connectivity index (χ2v) is 5.34. The van der Waals surface area contributed by atoms with E-state index in [4.69, 9.17) is 5.73 Å². The van der Waals surface area contributed by atoms with E-state index in [9.17, 15) is 13.2 Å². The van der Waals surface area contributed by atoms with E-state index in [0.717, 1.165) is 37.8 Å². The van der Waals surface area contributed by atoms with Crippen molar-refractivity contribution in [3.63, 3.8) is 0 Å². The fourth-order valence-corrected chi connectivity index (χ4v) is 2.68. The Hall–Kier alpha value is -1.03. The monoisotopic (exact) mass is 257 g/mol. The molecule has 1 unspecified atom stereocenters. The molecule has 0 bridgehead atoms. The van der Waals surface area contributed by atoms with Crippen molar-refractivity contribution in [3.05, 3.63) is 35.1 Å². The molecule has 1 aliphatic rings. The van der Waals surface area contributed by atoms with Crippen LogP contribution in [-0.4, -0.2) is 0 Å². The quantitative estimate of drug-likeness (QED) is 0.798. The van der Waals surface area contributed by atoms with E-state index in [0.29, 0.717) is 11.5 Å². The predicted octanol–water partition coefficient (Wildman–Crippen LogP) is 3.93. The van der Waals surface area contributed by atoms with Crippen LogP contribution in [0, 0.1) is 29.3 Å². The zero-order valence-electron chi connectivity index (χ0n) is 10.4. The number of benzene rings is 1. The predicted molar refractivity (Wildman–Crippen MR) is 64.4 cm³/mol. The average molecular weight is 257 g/mol. The fraction of sp³-hybridized carbons (Fsp3) is 0.571. The fourth-order valence-electron chi connectivity index (χ4n) is 2.68. The maximum absolute atomic E-state index is 13.2. The SMILES string of the molecule is CC1CCC(C(N)c2cc(F)c(F)c(F)c2)CC1. The minimum absolute atomic E-state index is 0.227. The number of hydrogen-bond acceptors (Lipinski definition) is 1. The normalized spacial score (nSPS) is 26.1. The molecule has 1 fully saturated rings. The summed E-state index contributed by atoms with van der Waals surface area (Å²) in [6, 6.07) is 1.62. The van der Waals surface area contributed by atoms with E-state index >= 15 is 0 Å². The Labute approximate surface area is 105 Å². The maximum atomic E-state index is 13.2. The van der Waals surface area contributed by atoms with E-state index in [1.165, 1.54) is 0 Å². The van der Waals surface area contributed by atoms with E-state index < -0.39 is 23.5 Å². The Morgan fingerprint density at radius 2 is 1.56 bits per heavy atom. The van der Waals surface area contributed by atoms with Gasteiger partial charge in [0.1, 0.15) is 0 Å². The Balaban J connectivity index is 2.16. The molecule has 1 nitrogen and oxygen atoms in total. The second-order valence-electron chi connectivity index (χ2n) is 5.34. The van der Waals surface area contributed by atoms with Gasteiger partial charge in [-0.25, -0.2) is 13.2 Å². The molecule has 0 aromatic heterocycles. The topological polar surface area (TPSA) is 26.0 Å². The summed E-state index contributed by atoms with van der Waals surface area (Å²) < 4.78 is 39.2. The largest absolute Gasteiger partial charge is 0.324 e. The number of nitrogens with two attached hydrogens (primary N) is 1. The summed E-state index contributed by atoms with van der Waals surface area (Å²) in [6.07, 6.45) is 4.10. The van der Waals surface area contributed by atoms with Crippen molar-refractivity contribution in [2.24, 2.45) is 17.6 Å². The molecular formula is C14H18F3N. The first kappa shape index (κ1) is 13.4. The van der Waals surface area contributed by atoms with E-state index in [2.05, 4.69) is 6.92 Å². The van der Waals surface area contributed by atoms with Crippen molar-refractivity contribution in [1.82, 2.24) is 0 Å². The summed E-state index contributed by atoms with van der Waals surface area (Å²) in [5.74, 6) is -2.84. The van der Waals surface area contributed by atoms with Gasteiger partial charge in [-0.3, -0.25) is 0 Å². The Morgan fingerprint density at radius 3 is 2.06 bits per heavy atom. The molecule has 1 saturated carbocycles. The van der Waals surface area contributed by atoms with Gasteiger partial charge in [-0.15, -0.1) is 0 Å². The molecule has 2 N–H and O–H groups in total. The van der Waals surface area contributed by atoms with Crippen LogP contribution in [0.15, 0.2) is 12.1 Å². The van der Waals surface area contributed by atoms with Crippen molar-refractivity contribution in [3.8, 4) is 0 Å². The lowest BCUT2D eigenvalue weighted by Crippen LogP contribution is -2.25. The van der Waals surface area contributed by atoms with Gasteiger partial charge in [0.2, 0.25) is 0 Å². The van der Waals surface area contributed by atoms with E-state index in [1.807, 2.05) is 0 Å². The van der Waals surface area contributed by atoms with Crippen LogP contribution in [0.4, 0.5) is 13.2 Å². The zero-order chi connectivity index (χ0) is 13.3. The Bertz CT molecular complexity index is 402. The van der Waals surface area contributed by atoms with Gasteiger partial charge in [0.15, 0.2) is 17.5 Å². The lowest BCUT2D eigenvalue weighted by molar-refractivity contribution is 0.255. The third-order valence-corrected chi connectivity index (χ3v) is 3.96. The number of hydrogen-bond donors (Lipinski definition) is 1. The van der Waals surface area contributed by atoms with Crippen LogP contribution in [0.2, 0.25) is 0 Å². The van der Waals surface area contributed by atoms with Gasteiger partial charge in [0, 0.05) is 6.04 Å². The van der Waals surface area contributed by atoms with Crippen LogP contribution < -0.4 is 5.73 Å². The first-order chi connectivity index (χ1) is 8.49. The molecule has 1 aromatic carbocycles. The summed E-state index contributed by atoms with van der Waals surface area (Å²) >= 11 is 0. The molecule has 2 rings (SSSR count). The van der Waals surface area contributed by atoms with Crippen LogP contribution in [0.3, 0.4) is 0 Å². The summed E-state index contributed by atoms with van der Waals surface area (Å²) in [7, 11) is 0. The number of rotatable bonds is 2. The van der Waals surface area contributed by atoms with Crippen molar-refractivity contribution >= 4 is 0 Å². The van der Waals surface area contributed by atoms with Crippen molar-refractivity contribution in [2.75, 3.05) is 0 Å². The first-order valence-corrected chi connectivity index (χ1v) is 6.39. The molecule has 0 radical (unpaired) electrons. The lowest BCUT2D eigenvalue weighted by Gasteiger charge is -2.30. The maximum Gasteiger partial charge on any atom is 0.194 e. The molecular weight excluding hydrogens is 239 g/mol. The third-order valence-electron chi connectivity index (χ3n) is 3.96. The smallest absolute Gasteiger partial charge is 0.194 e. The van der Waals surface area contributed by atoms with Gasteiger partial charge in [0.05, 0.1) is 0 Å². The molecule has 0 amide bonds. The van der Waals surface area contributed by atoms with Crippen LogP contribution in [0.5, 0.6) is 0 Å². The third kappa shape index (κ3) is 2.69. The highest BCUT2D eigenvalue weighted by Crippen LogP contribution is 2.35. The highest BCUT2D eigenvalue weighted by atomic mass is 19.2. The van der Waals surface area contributed by atoms with E-state index in [-0.39, 0.29) is 5.92 Å². The summed E-state index contributed by atoms with van der Waals surface area (Å²) in [5.41, 5.74) is 6.40. The molecule has 0 aliphatic heterocycles. The van der Waals surface area contributed by atoms with Gasteiger partial charge < -0.3 is 5.73 Å². The van der Waals surface area contributed by atoms with Gasteiger partial charge in [-0.2, -0.15) is 0 Å². The molecule has 1 atom stereocenters. The van der Waals surface area contributed by atoms with Crippen LogP contribution in [-0.2, 0) is 0 Å². The Kier molecular flexibility index (Phi) is 3.95. The summed E-state index contributed by atoms with van der Waals surface area (Å²) in [5, 5.41) is 0. The molecule has 100 valence electrons. The second kappa shape index (κ2) is 5.31. The zero-order valence-corrected chi connectivity index (χ0v) is 10.4. The van der Waals surface area contributed by atoms with Gasteiger partial charge in [0.25, 0.3) is 0 Å². The molecule has 0 spiro atoms. The minimum Gasteiger partial charge on any atom is -0.324 e. The van der Waals surface area contributed by atoms with Crippen LogP contribution in [0.25, 0.3) is 0 Å². The van der Waals surface area contributed by atoms with E-state index in [1.54, 1.807) is 0 Å². The summed E-state index contributed by atoms with van der Waals surface area (Å²) in [6.45, 7) is 2.19.